The largest absolute Gasteiger partial charge is 0.479 e. The minimum Gasteiger partial charge on any atom is -0.479 e. The zero-order valence-electron chi connectivity index (χ0n) is 18.8. The van der Waals surface area contributed by atoms with Gasteiger partial charge in [-0.25, -0.2) is 14.8 Å². The van der Waals surface area contributed by atoms with Gasteiger partial charge in [-0.15, -0.1) is 0 Å². The number of methoxy groups -OCH3 is 2. The second kappa shape index (κ2) is 8.99. The fourth-order valence-corrected chi connectivity index (χ4v) is 6.13. The molecule has 5 heterocycles. The normalized spacial score (nSPS) is 23.1. The van der Waals surface area contributed by atoms with Gasteiger partial charge in [0.15, 0.2) is 5.13 Å². The predicted octanol–water partition coefficient (Wildman–Crippen LogP) is 3.35. The fraction of sp³-hybridized carbons (Fsp3) is 0.682. The molecule has 1 atom stereocenters. The van der Waals surface area contributed by atoms with Crippen molar-refractivity contribution in [2.75, 3.05) is 63.8 Å². The van der Waals surface area contributed by atoms with Crippen molar-refractivity contribution in [1.29, 1.82) is 0 Å². The third-order valence-electron chi connectivity index (χ3n) is 7.10. The fourth-order valence-electron chi connectivity index (χ4n) is 5.15. The van der Waals surface area contributed by atoms with E-state index in [4.69, 9.17) is 14.2 Å². The number of nitrogens with zero attached hydrogens (tertiary/aromatic N) is 4. The molecule has 1 spiro atoms. The van der Waals surface area contributed by atoms with Gasteiger partial charge < -0.3 is 24.0 Å². The molecule has 3 aliphatic rings. The first-order valence-corrected chi connectivity index (χ1v) is 12.2. The van der Waals surface area contributed by atoms with Gasteiger partial charge in [0.05, 0.1) is 29.8 Å². The van der Waals surface area contributed by atoms with Crippen LogP contribution in [-0.2, 0) is 9.47 Å². The van der Waals surface area contributed by atoms with Gasteiger partial charge in [-0.1, -0.05) is 11.3 Å². The lowest BCUT2D eigenvalue weighted by molar-refractivity contribution is 0.0211. The Morgan fingerprint density at radius 3 is 2.91 bits per heavy atom. The number of amides is 2. The van der Waals surface area contributed by atoms with Crippen molar-refractivity contribution in [2.45, 2.75) is 38.2 Å². The lowest BCUT2D eigenvalue weighted by Crippen LogP contribution is -2.39. The molecule has 174 valence electrons. The average Bonchev–Trinajstić information content (AvgIpc) is 3.43. The minimum atomic E-state index is -0.0849. The van der Waals surface area contributed by atoms with Crippen LogP contribution in [0, 0.1) is 5.41 Å². The van der Waals surface area contributed by atoms with Gasteiger partial charge >= 0.3 is 6.03 Å². The molecule has 2 aromatic heterocycles. The topological polar surface area (TPSA) is 89.1 Å². The summed E-state index contributed by atoms with van der Waals surface area (Å²) in [7, 11) is 3.36. The van der Waals surface area contributed by atoms with E-state index in [-0.39, 0.29) is 17.6 Å². The van der Waals surface area contributed by atoms with Crippen LogP contribution in [0.15, 0.2) is 6.20 Å². The van der Waals surface area contributed by atoms with E-state index in [9.17, 15) is 4.79 Å². The molecule has 0 aromatic carbocycles. The monoisotopic (exact) mass is 461 g/mol. The zero-order chi connectivity index (χ0) is 22.1. The van der Waals surface area contributed by atoms with Crippen LogP contribution in [0.1, 0.15) is 32.1 Å². The molecule has 1 N–H and O–H groups in total. The van der Waals surface area contributed by atoms with Gasteiger partial charge in [0, 0.05) is 46.5 Å². The smallest absolute Gasteiger partial charge is 0.323 e. The second-order valence-corrected chi connectivity index (χ2v) is 10.0. The van der Waals surface area contributed by atoms with E-state index in [2.05, 4.69) is 20.2 Å². The van der Waals surface area contributed by atoms with Crippen LogP contribution in [0.2, 0.25) is 0 Å². The Morgan fingerprint density at radius 1 is 1.28 bits per heavy atom. The summed E-state index contributed by atoms with van der Waals surface area (Å²) in [6.45, 7) is 4.92. The summed E-state index contributed by atoms with van der Waals surface area (Å²) in [6.07, 6.45) is 7.29. The highest BCUT2D eigenvalue weighted by atomic mass is 32.1. The molecule has 9 nitrogen and oxygen atoms in total. The van der Waals surface area contributed by atoms with Gasteiger partial charge in [-0.2, -0.15) is 0 Å². The van der Waals surface area contributed by atoms with Crippen molar-refractivity contribution < 1.29 is 19.0 Å². The van der Waals surface area contributed by atoms with Crippen LogP contribution in [-0.4, -0.2) is 80.6 Å². The minimum absolute atomic E-state index is 0.0849. The summed E-state index contributed by atoms with van der Waals surface area (Å²) in [6, 6.07) is -0.0849. The van der Waals surface area contributed by atoms with E-state index < -0.39 is 0 Å². The van der Waals surface area contributed by atoms with Crippen LogP contribution in [0.25, 0.3) is 10.2 Å². The molecular formula is C22H31N5O4S. The number of hydrogen-bond acceptors (Lipinski definition) is 8. The van der Waals surface area contributed by atoms with E-state index in [1.807, 2.05) is 11.1 Å². The van der Waals surface area contributed by atoms with E-state index in [1.165, 1.54) is 11.3 Å². The lowest BCUT2D eigenvalue weighted by Gasteiger charge is -2.33. The molecule has 10 heteroatoms. The van der Waals surface area contributed by atoms with Gasteiger partial charge in [0.2, 0.25) is 5.88 Å². The number of rotatable bonds is 4. The van der Waals surface area contributed by atoms with Crippen LogP contribution in [0.5, 0.6) is 5.88 Å². The maximum Gasteiger partial charge on any atom is 0.323 e. The number of urea groups is 1. The van der Waals surface area contributed by atoms with Gasteiger partial charge in [-0.3, -0.25) is 5.32 Å². The highest BCUT2D eigenvalue weighted by Gasteiger charge is 2.41. The maximum absolute atomic E-state index is 13.0. The quantitative estimate of drug-likeness (QED) is 0.747. The highest BCUT2D eigenvalue weighted by molar-refractivity contribution is 7.23. The number of fused-ring (bicyclic) bond motifs is 1. The highest BCUT2D eigenvalue weighted by Crippen LogP contribution is 2.41. The number of ether oxygens (including phenoxy) is 3. The molecule has 2 amide bonds. The number of carbonyl (C=O) groups is 1. The number of carbonyl (C=O) groups excluding carboxylic acids is 1. The molecule has 0 saturated carbocycles. The molecular weight excluding hydrogens is 430 g/mol. The number of piperidine rings is 1. The SMILES string of the molecule is COc1ncc(N2CCCC(OC)C2)c2sc(NC(=O)N3CCC4(CCOCC4)C3)nc12. The molecule has 32 heavy (non-hydrogen) atoms. The van der Waals surface area contributed by atoms with E-state index in [1.54, 1.807) is 14.2 Å². The third-order valence-corrected chi connectivity index (χ3v) is 8.10. The molecule has 1 unspecified atom stereocenters. The van der Waals surface area contributed by atoms with Crippen LogP contribution >= 0.6 is 11.3 Å². The van der Waals surface area contributed by atoms with Crippen molar-refractivity contribution in [1.82, 2.24) is 14.9 Å². The molecule has 3 fully saturated rings. The van der Waals surface area contributed by atoms with Gasteiger partial charge in [-0.05, 0) is 37.5 Å². The first-order valence-electron chi connectivity index (χ1n) is 11.4. The van der Waals surface area contributed by atoms with Crippen molar-refractivity contribution >= 4 is 38.4 Å². The van der Waals surface area contributed by atoms with E-state index in [0.29, 0.717) is 16.5 Å². The Bertz CT molecular complexity index is 977. The molecule has 5 rings (SSSR count). The molecule has 3 aliphatic heterocycles. The number of anilines is 2. The summed E-state index contributed by atoms with van der Waals surface area (Å²) < 4.78 is 17.6. The number of nitrogens with one attached hydrogen (secondary N) is 1. The molecule has 0 aliphatic carbocycles. The number of hydrogen-bond donors (Lipinski definition) is 1. The Balaban J connectivity index is 1.36. The van der Waals surface area contributed by atoms with Crippen molar-refractivity contribution in [3.05, 3.63) is 6.20 Å². The van der Waals surface area contributed by atoms with Crippen LogP contribution in [0.3, 0.4) is 0 Å². The summed E-state index contributed by atoms with van der Waals surface area (Å²) in [4.78, 5) is 26.4. The summed E-state index contributed by atoms with van der Waals surface area (Å²) >= 11 is 1.48. The van der Waals surface area contributed by atoms with Crippen LogP contribution in [0.4, 0.5) is 15.6 Å². The second-order valence-electron chi connectivity index (χ2n) is 9.01. The summed E-state index contributed by atoms with van der Waals surface area (Å²) in [5.41, 5.74) is 1.92. The Labute approximate surface area is 192 Å². The van der Waals surface area contributed by atoms with E-state index in [0.717, 1.165) is 81.9 Å². The Hall–Kier alpha value is -2.17. The van der Waals surface area contributed by atoms with E-state index >= 15 is 0 Å². The Morgan fingerprint density at radius 2 is 2.12 bits per heavy atom. The van der Waals surface area contributed by atoms with Crippen molar-refractivity contribution in [3.8, 4) is 5.88 Å². The van der Waals surface area contributed by atoms with Crippen molar-refractivity contribution in [2.24, 2.45) is 5.41 Å². The number of thiazole rings is 1. The molecule has 0 bridgehead atoms. The lowest BCUT2D eigenvalue weighted by atomic mass is 9.80. The van der Waals surface area contributed by atoms with Gasteiger partial charge in [0.1, 0.15) is 5.52 Å². The van der Waals surface area contributed by atoms with Crippen molar-refractivity contribution in [3.63, 3.8) is 0 Å². The summed E-state index contributed by atoms with van der Waals surface area (Å²) in [5, 5.41) is 3.61. The number of pyridine rings is 1. The maximum atomic E-state index is 13.0. The molecule has 2 aromatic rings. The third kappa shape index (κ3) is 4.11. The summed E-state index contributed by atoms with van der Waals surface area (Å²) in [5.74, 6) is 0.475. The molecule has 3 saturated heterocycles. The first kappa shape index (κ1) is 21.7. The number of likely N-dealkylation sites (tertiary alicyclic amines) is 1. The standard InChI is InChI=1S/C22H31N5O4S/c1-29-15-4-3-8-26(13-15)16-12-23-19(30-2)17-18(16)32-20(24-17)25-21(28)27-9-5-22(14-27)6-10-31-11-7-22/h12,15H,3-11,13-14H2,1-2H3,(H,24,25,28). The van der Waals surface area contributed by atoms with Gasteiger partial charge in [0.25, 0.3) is 0 Å². The average molecular weight is 462 g/mol. The Kier molecular flexibility index (Phi) is 6.09. The molecule has 0 radical (unpaired) electrons. The number of aromatic nitrogens is 2. The first-order chi connectivity index (χ1) is 15.6. The zero-order valence-corrected chi connectivity index (χ0v) is 19.6. The predicted molar refractivity (Wildman–Crippen MR) is 124 cm³/mol. The van der Waals surface area contributed by atoms with Crippen LogP contribution < -0.4 is 15.0 Å².